The van der Waals surface area contributed by atoms with Gasteiger partial charge in [-0.2, -0.15) is 0 Å². The molecule has 0 spiro atoms. The number of aryl methyl sites for hydroxylation is 1. The lowest BCUT2D eigenvalue weighted by molar-refractivity contribution is -0.317. The Morgan fingerprint density at radius 3 is 2.08 bits per heavy atom. The van der Waals surface area contributed by atoms with E-state index in [1.807, 2.05) is 0 Å². The zero-order valence-corrected chi connectivity index (χ0v) is 14.1. The number of hydrogen-bond acceptors (Lipinski definition) is 6. The number of benzene rings is 2. The summed E-state index contributed by atoms with van der Waals surface area (Å²) in [6.45, 7) is 5.10. The second-order valence-electron chi connectivity index (χ2n) is 5.79. The number of carbonyl (C=O) groups excluding carboxylic acids is 3. The minimum absolute atomic E-state index is 0.0438. The second kappa shape index (κ2) is 7.65. The normalized spacial score (nSPS) is 12.7. The van der Waals surface area contributed by atoms with E-state index in [9.17, 15) is 24.6 Å². The fourth-order valence-corrected chi connectivity index (χ4v) is 2.58. The Labute approximate surface area is 150 Å². The van der Waals surface area contributed by atoms with E-state index >= 15 is 0 Å². The topological polar surface area (TPSA) is 107 Å². The smallest absolute Gasteiger partial charge is 0.312 e. The molecule has 2 aromatic carbocycles. The van der Waals surface area contributed by atoms with Gasteiger partial charge in [-0.3, -0.25) is 4.79 Å². The first-order valence-electron chi connectivity index (χ1n) is 7.72. The van der Waals surface area contributed by atoms with E-state index in [1.54, 1.807) is 37.3 Å². The standard InChI is InChI=1S/C20H18O6/c1-13-8-10-15(11-9-13)20(19(24)25,14(2)18(22)23)12-17(21)26-16-6-4-3-5-7-16/h3-11H,2,12H2,1H3,(H,22,23)(H,24,25)/p-2. The molecular formula is C20H16O6-2. The van der Waals surface area contributed by atoms with Gasteiger partial charge < -0.3 is 24.5 Å². The molecule has 0 amide bonds. The van der Waals surface area contributed by atoms with Crippen molar-refractivity contribution in [2.24, 2.45) is 0 Å². The van der Waals surface area contributed by atoms with E-state index in [-0.39, 0.29) is 11.3 Å². The summed E-state index contributed by atoms with van der Waals surface area (Å²) in [5.41, 5.74) is -2.22. The van der Waals surface area contributed by atoms with Crippen molar-refractivity contribution in [2.45, 2.75) is 18.8 Å². The van der Waals surface area contributed by atoms with Crippen molar-refractivity contribution in [3.8, 4) is 5.75 Å². The van der Waals surface area contributed by atoms with Crippen molar-refractivity contribution in [2.75, 3.05) is 0 Å². The first-order valence-corrected chi connectivity index (χ1v) is 7.72. The molecule has 0 aliphatic heterocycles. The minimum atomic E-state index is -2.31. The largest absolute Gasteiger partial charge is 0.549 e. The lowest BCUT2D eigenvalue weighted by Gasteiger charge is -2.37. The molecule has 2 rings (SSSR count). The van der Waals surface area contributed by atoms with Crippen LogP contribution < -0.4 is 14.9 Å². The molecule has 0 heterocycles. The molecule has 6 nitrogen and oxygen atoms in total. The van der Waals surface area contributed by atoms with Gasteiger partial charge in [-0.1, -0.05) is 54.6 Å². The van der Waals surface area contributed by atoms with E-state index < -0.39 is 35.3 Å². The van der Waals surface area contributed by atoms with Crippen LogP contribution >= 0.6 is 0 Å². The molecule has 1 unspecified atom stereocenters. The van der Waals surface area contributed by atoms with Gasteiger partial charge in [0.25, 0.3) is 0 Å². The molecule has 0 saturated carbocycles. The fraction of sp³-hybridized carbons (Fsp3) is 0.150. The van der Waals surface area contributed by atoms with Crippen LogP contribution in [0.25, 0.3) is 0 Å². The van der Waals surface area contributed by atoms with Crippen LogP contribution in [0.15, 0.2) is 66.7 Å². The summed E-state index contributed by atoms with van der Waals surface area (Å²) < 4.78 is 5.11. The zero-order chi connectivity index (χ0) is 19.3. The number of aliphatic carboxylic acids is 2. The van der Waals surface area contributed by atoms with Gasteiger partial charge in [-0.15, -0.1) is 0 Å². The van der Waals surface area contributed by atoms with Gasteiger partial charge in [-0.05, 0) is 30.2 Å². The summed E-state index contributed by atoms with van der Waals surface area (Å²) in [7, 11) is 0. The third kappa shape index (κ3) is 3.80. The molecule has 6 heteroatoms. The average Bonchev–Trinajstić information content (AvgIpc) is 2.60. The van der Waals surface area contributed by atoms with Gasteiger partial charge in [-0.25, -0.2) is 0 Å². The maximum absolute atomic E-state index is 12.3. The molecule has 0 aliphatic carbocycles. The number of rotatable bonds is 7. The minimum Gasteiger partial charge on any atom is -0.549 e. The van der Waals surface area contributed by atoms with Crippen LogP contribution in [-0.2, 0) is 19.8 Å². The summed E-state index contributed by atoms with van der Waals surface area (Å²) in [5.74, 6) is -4.31. The third-order valence-corrected chi connectivity index (χ3v) is 4.04. The summed E-state index contributed by atoms with van der Waals surface area (Å²) >= 11 is 0. The van der Waals surface area contributed by atoms with E-state index in [2.05, 4.69) is 6.58 Å². The Morgan fingerprint density at radius 1 is 1.00 bits per heavy atom. The van der Waals surface area contributed by atoms with Crippen molar-refractivity contribution < 1.29 is 29.3 Å². The van der Waals surface area contributed by atoms with Crippen molar-refractivity contribution >= 4 is 17.9 Å². The lowest BCUT2D eigenvalue weighted by Crippen LogP contribution is -2.52. The average molecular weight is 352 g/mol. The highest BCUT2D eigenvalue weighted by Gasteiger charge is 2.40. The predicted molar refractivity (Wildman–Crippen MR) is 88.7 cm³/mol. The summed E-state index contributed by atoms with van der Waals surface area (Å²) in [6, 6.07) is 14.0. The molecule has 0 N–H and O–H groups in total. The molecule has 26 heavy (non-hydrogen) atoms. The van der Waals surface area contributed by atoms with Gasteiger partial charge in [0.2, 0.25) is 0 Å². The van der Waals surface area contributed by atoms with Crippen molar-refractivity contribution in [3.05, 3.63) is 77.9 Å². The Morgan fingerprint density at radius 2 is 1.58 bits per heavy atom. The highest BCUT2D eigenvalue weighted by molar-refractivity contribution is 6.01. The predicted octanol–water partition coefficient (Wildman–Crippen LogP) is 0.285. The van der Waals surface area contributed by atoms with Gasteiger partial charge in [0.05, 0.1) is 23.8 Å². The van der Waals surface area contributed by atoms with E-state index in [0.717, 1.165) is 5.56 Å². The molecule has 0 saturated heterocycles. The van der Waals surface area contributed by atoms with Gasteiger partial charge in [0.1, 0.15) is 5.75 Å². The molecule has 0 radical (unpaired) electrons. The first kappa shape index (κ1) is 18.9. The quantitative estimate of drug-likeness (QED) is 0.403. The zero-order valence-electron chi connectivity index (χ0n) is 14.1. The number of carboxylic acid groups (broad SMARTS) is 2. The third-order valence-electron chi connectivity index (χ3n) is 4.04. The van der Waals surface area contributed by atoms with Crippen LogP contribution in [0, 0.1) is 6.92 Å². The molecule has 1 atom stereocenters. The van der Waals surface area contributed by atoms with Crippen molar-refractivity contribution in [1.29, 1.82) is 0 Å². The van der Waals surface area contributed by atoms with Crippen molar-refractivity contribution in [1.82, 2.24) is 0 Å². The number of ether oxygens (including phenoxy) is 1. The van der Waals surface area contributed by atoms with E-state index in [1.165, 1.54) is 24.3 Å². The number of esters is 1. The van der Waals surface area contributed by atoms with Crippen LogP contribution in [0.3, 0.4) is 0 Å². The Bertz CT molecular complexity index is 838. The molecule has 0 aromatic heterocycles. The molecule has 0 aliphatic rings. The molecule has 2 aromatic rings. The second-order valence-corrected chi connectivity index (χ2v) is 5.79. The first-order chi connectivity index (χ1) is 12.3. The van der Waals surface area contributed by atoms with Crippen LogP contribution in [0.5, 0.6) is 5.75 Å². The Balaban J connectivity index is 2.46. The summed E-state index contributed by atoms with van der Waals surface area (Å²) in [5, 5.41) is 23.3. The number of hydrogen-bond donors (Lipinski definition) is 0. The summed E-state index contributed by atoms with van der Waals surface area (Å²) in [6.07, 6.45) is -0.805. The molecule has 0 fully saturated rings. The molecule has 0 bridgehead atoms. The number of carboxylic acids is 2. The SMILES string of the molecule is C=C(C(=O)[O-])C(CC(=O)Oc1ccccc1)(C(=O)[O-])c1ccc(C)cc1. The van der Waals surface area contributed by atoms with Crippen molar-refractivity contribution in [3.63, 3.8) is 0 Å². The fourth-order valence-electron chi connectivity index (χ4n) is 2.58. The number of carbonyl (C=O) groups is 3. The Kier molecular flexibility index (Phi) is 5.57. The maximum atomic E-state index is 12.3. The highest BCUT2D eigenvalue weighted by Crippen LogP contribution is 2.35. The molecular weight excluding hydrogens is 336 g/mol. The van der Waals surface area contributed by atoms with Crippen LogP contribution in [0.1, 0.15) is 17.5 Å². The summed E-state index contributed by atoms with van der Waals surface area (Å²) in [4.78, 5) is 35.7. The maximum Gasteiger partial charge on any atom is 0.312 e. The van der Waals surface area contributed by atoms with E-state index in [4.69, 9.17) is 4.74 Å². The molecule has 134 valence electrons. The lowest BCUT2D eigenvalue weighted by atomic mass is 9.72. The van der Waals surface area contributed by atoms with Gasteiger partial charge >= 0.3 is 5.97 Å². The van der Waals surface area contributed by atoms with Crippen LogP contribution in [0.2, 0.25) is 0 Å². The van der Waals surface area contributed by atoms with Crippen LogP contribution in [-0.4, -0.2) is 17.9 Å². The van der Waals surface area contributed by atoms with Gasteiger partial charge in [0, 0.05) is 0 Å². The van der Waals surface area contributed by atoms with E-state index in [0.29, 0.717) is 0 Å². The Hall–Kier alpha value is -3.41. The number of para-hydroxylation sites is 1. The van der Waals surface area contributed by atoms with Crippen LogP contribution in [0.4, 0.5) is 0 Å². The highest BCUT2D eigenvalue weighted by atomic mass is 16.5. The van der Waals surface area contributed by atoms with Gasteiger partial charge in [0.15, 0.2) is 0 Å². The monoisotopic (exact) mass is 352 g/mol.